The third-order valence-electron chi connectivity index (χ3n) is 5.82. The van der Waals surface area contributed by atoms with E-state index in [0.29, 0.717) is 33.9 Å². The van der Waals surface area contributed by atoms with Gasteiger partial charge in [-0.1, -0.05) is 36.9 Å². The van der Waals surface area contributed by atoms with Crippen LogP contribution in [0.15, 0.2) is 84.5 Å². The molecule has 0 amide bonds. The van der Waals surface area contributed by atoms with Crippen LogP contribution < -0.4 is 10.1 Å². The van der Waals surface area contributed by atoms with E-state index in [0.717, 1.165) is 12.1 Å². The highest BCUT2D eigenvalue weighted by molar-refractivity contribution is 6.28. The second kappa shape index (κ2) is 9.02. The molecule has 4 aromatic rings. The number of hydrogen-bond acceptors (Lipinski definition) is 4. The summed E-state index contributed by atoms with van der Waals surface area (Å²) >= 11 is 0. The Kier molecular flexibility index (Phi) is 5.93. The Bertz CT molecular complexity index is 1620. The summed E-state index contributed by atoms with van der Waals surface area (Å²) in [5.41, 5.74) is -1.87. The number of carbonyl (C=O) groups is 1. The number of aromatic nitrogens is 1. The number of carbonyl (C=O) groups excluding carboxylic acids is 1. The number of nitrogens with zero attached hydrogens (tertiary/aromatic N) is 2. The number of hydrogen-bond donors (Lipinski definition) is 1. The molecule has 1 aliphatic heterocycles. The Morgan fingerprint density at radius 1 is 0.921 bits per heavy atom. The van der Waals surface area contributed by atoms with Gasteiger partial charge in [0.2, 0.25) is 0 Å². The Labute approximate surface area is 211 Å². The molecule has 1 aliphatic rings. The van der Waals surface area contributed by atoms with Gasteiger partial charge in [0.15, 0.2) is 5.82 Å². The van der Waals surface area contributed by atoms with E-state index in [4.69, 9.17) is 4.74 Å². The Balaban J connectivity index is 1.59. The Hall–Kier alpha value is -4.67. The lowest BCUT2D eigenvalue weighted by Crippen LogP contribution is -2.12. The minimum atomic E-state index is -5.01. The number of nitrogens with one attached hydrogen (secondary N) is 1. The first-order valence-corrected chi connectivity index (χ1v) is 11.0. The zero-order chi connectivity index (χ0) is 27.2. The fourth-order valence-electron chi connectivity index (χ4n) is 4.19. The highest BCUT2D eigenvalue weighted by atomic mass is 19.4. The lowest BCUT2D eigenvalue weighted by molar-refractivity contribution is -0.142. The molecule has 1 N–H and O–H groups in total. The van der Waals surface area contributed by atoms with E-state index in [-0.39, 0.29) is 28.8 Å². The Morgan fingerprint density at radius 2 is 1.68 bits per heavy atom. The zero-order valence-corrected chi connectivity index (χ0v) is 19.1. The van der Waals surface area contributed by atoms with Crippen LogP contribution >= 0.6 is 0 Å². The third kappa shape index (κ3) is 4.58. The molecule has 5 nitrogen and oxygen atoms in total. The van der Waals surface area contributed by atoms with E-state index in [1.165, 1.54) is 24.4 Å². The maximum Gasteiger partial charge on any atom is 0.417 e. The van der Waals surface area contributed by atoms with Gasteiger partial charge in [0.05, 0.1) is 17.3 Å². The van der Waals surface area contributed by atoms with Gasteiger partial charge in [-0.25, -0.2) is 14.8 Å². The first-order chi connectivity index (χ1) is 18.0. The average molecular weight is 527 g/mol. The molecule has 0 aliphatic carbocycles. The number of pyridine rings is 1. The average Bonchev–Trinajstić information content (AvgIpc) is 3.22. The highest BCUT2D eigenvalue weighted by Crippen LogP contribution is 2.45. The van der Waals surface area contributed by atoms with E-state index >= 15 is 0 Å². The van der Waals surface area contributed by atoms with Crippen LogP contribution in [0.2, 0.25) is 0 Å². The third-order valence-corrected chi connectivity index (χ3v) is 5.82. The molecule has 2 heterocycles. The molecule has 0 fully saturated rings. The number of anilines is 1. The van der Waals surface area contributed by atoms with Crippen LogP contribution in [0, 0.1) is 0 Å². The monoisotopic (exact) mass is 527 g/mol. The van der Waals surface area contributed by atoms with Crippen molar-refractivity contribution in [3.05, 3.63) is 96.2 Å². The molecule has 0 saturated carbocycles. The standard InChI is InChI=1S/C27H15F6N3O2/c1-2-23(37)38-15-7-11-22(34-13-15)36-25-19-5-3-4-18-16(9-10-21(35-25)24(18)19)17-8-6-14(26(28,29)30)12-20(17)27(31,32)33/h2-13H,1H2,(H,34,35,36). The molecule has 0 saturated heterocycles. The predicted octanol–water partition coefficient (Wildman–Crippen LogP) is 7.53. The van der Waals surface area contributed by atoms with Crippen LogP contribution in [0.1, 0.15) is 16.7 Å². The van der Waals surface area contributed by atoms with Gasteiger partial charge in [-0.2, -0.15) is 26.3 Å². The second-order valence-corrected chi connectivity index (χ2v) is 8.21. The Morgan fingerprint density at radius 3 is 2.34 bits per heavy atom. The van der Waals surface area contributed by atoms with Crippen LogP contribution in [0.4, 0.5) is 37.8 Å². The van der Waals surface area contributed by atoms with Crippen molar-refractivity contribution in [2.45, 2.75) is 12.4 Å². The van der Waals surface area contributed by atoms with E-state index < -0.39 is 29.4 Å². The number of amidine groups is 1. The molecule has 38 heavy (non-hydrogen) atoms. The summed E-state index contributed by atoms with van der Waals surface area (Å²) in [6.07, 6.45) is -7.63. The summed E-state index contributed by atoms with van der Waals surface area (Å²) in [6, 6.07) is 12.5. The molecule has 1 aromatic heterocycles. The van der Waals surface area contributed by atoms with Crippen LogP contribution in [-0.2, 0) is 17.1 Å². The first kappa shape index (κ1) is 25.0. The molecule has 0 spiro atoms. The quantitative estimate of drug-likeness (QED) is 0.169. The van der Waals surface area contributed by atoms with Crippen molar-refractivity contribution in [1.82, 2.24) is 4.98 Å². The van der Waals surface area contributed by atoms with Crippen molar-refractivity contribution in [2.75, 3.05) is 5.32 Å². The number of aliphatic imine (C=N–C) groups is 1. The molecule has 0 radical (unpaired) electrons. The molecular weight excluding hydrogens is 512 g/mol. The highest BCUT2D eigenvalue weighted by Gasteiger charge is 2.38. The number of halogens is 6. The van der Waals surface area contributed by atoms with Crippen LogP contribution in [0.25, 0.3) is 21.9 Å². The van der Waals surface area contributed by atoms with Crippen molar-refractivity contribution >= 4 is 34.1 Å². The molecular formula is C27H15F6N3O2. The van der Waals surface area contributed by atoms with Crippen molar-refractivity contribution in [3.63, 3.8) is 0 Å². The zero-order valence-electron chi connectivity index (χ0n) is 19.1. The van der Waals surface area contributed by atoms with Gasteiger partial charge in [0.1, 0.15) is 11.6 Å². The van der Waals surface area contributed by atoms with E-state index in [1.807, 2.05) is 0 Å². The fourth-order valence-corrected chi connectivity index (χ4v) is 4.19. The molecule has 11 heteroatoms. The number of esters is 1. The van der Waals surface area contributed by atoms with Gasteiger partial charge >= 0.3 is 18.3 Å². The fraction of sp³-hybridized carbons (Fsp3) is 0.0741. The number of rotatable bonds is 4. The van der Waals surface area contributed by atoms with E-state index in [2.05, 4.69) is 21.9 Å². The predicted molar refractivity (Wildman–Crippen MR) is 129 cm³/mol. The van der Waals surface area contributed by atoms with Crippen molar-refractivity contribution in [1.29, 1.82) is 0 Å². The SMILES string of the molecule is C=CC(=O)Oc1ccc(N=C2Nc3ccc(-c4ccc(C(F)(F)F)cc4C(F)(F)F)c4cccc2c34)nc1. The largest absolute Gasteiger partial charge is 0.422 e. The van der Waals surface area contributed by atoms with Gasteiger partial charge < -0.3 is 10.1 Å². The maximum atomic E-state index is 13.9. The smallest absolute Gasteiger partial charge is 0.417 e. The van der Waals surface area contributed by atoms with Gasteiger partial charge in [0, 0.05) is 22.7 Å². The summed E-state index contributed by atoms with van der Waals surface area (Å²) < 4.78 is 86.0. The second-order valence-electron chi connectivity index (χ2n) is 8.21. The normalized spacial score (nSPS) is 14.0. The van der Waals surface area contributed by atoms with Gasteiger partial charge in [-0.15, -0.1) is 0 Å². The van der Waals surface area contributed by atoms with E-state index in [9.17, 15) is 31.1 Å². The topological polar surface area (TPSA) is 63.6 Å². The van der Waals surface area contributed by atoms with Crippen LogP contribution in [-0.4, -0.2) is 16.8 Å². The summed E-state index contributed by atoms with van der Waals surface area (Å²) in [5, 5.41) is 4.07. The van der Waals surface area contributed by atoms with Crippen molar-refractivity contribution in [2.24, 2.45) is 4.99 Å². The number of benzene rings is 3. The molecule has 0 atom stereocenters. The first-order valence-electron chi connectivity index (χ1n) is 11.0. The molecule has 3 aromatic carbocycles. The maximum absolute atomic E-state index is 13.9. The van der Waals surface area contributed by atoms with Gasteiger partial charge in [0.25, 0.3) is 0 Å². The van der Waals surface area contributed by atoms with Crippen molar-refractivity contribution in [3.8, 4) is 16.9 Å². The number of ether oxygens (including phenoxy) is 1. The molecule has 0 unspecified atom stereocenters. The van der Waals surface area contributed by atoms with Gasteiger partial charge in [-0.05, 0) is 46.8 Å². The van der Waals surface area contributed by atoms with E-state index in [1.54, 1.807) is 24.3 Å². The minimum Gasteiger partial charge on any atom is -0.422 e. The summed E-state index contributed by atoms with van der Waals surface area (Å²) in [4.78, 5) is 19.9. The molecule has 0 bridgehead atoms. The lowest BCUT2D eigenvalue weighted by Gasteiger charge is -2.17. The summed E-state index contributed by atoms with van der Waals surface area (Å²) in [7, 11) is 0. The van der Waals surface area contributed by atoms with Crippen molar-refractivity contribution < 1.29 is 35.9 Å². The number of alkyl halides is 6. The molecule has 192 valence electrons. The summed E-state index contributed by atoms with van der Waals surface area (Å²) in [6.45, 7) is 3.31. The minimum absolute atomic E-state index is 0.126. The summed E-state index contributed by atoms with van der Waals surface area (Å²) in [5.74, 6) is 0.167. The van der Waals surface area contributed by atoms with Crippen LogP contribution in [0.5, 0.6) is 5.75 Å². The van der Waals surface area contributed by atoms with Crippen LogP contribution in [0.3, 0.4) is 0 Å². The lowest BCUT2D eigenvalue weighted by atomic mass is 9.91. The molecule has 5 rings (SSSR count). The van der Waals surface area contributed by atoms with Gasteiger partial charge in [-0.3, -0.25) is 0 Å².